The highest BCUT2D eigenvalue weighted by Gasteiger charge is 2.26. The molecule has 5 nitrogen and oxygen atoms in total. The summed E-state index contributed by atoms with van der Waals surface area (Å²) in [5.41, 5.74) is -0.297. The standard InChI is InChI=1S/C9H12NO4PS/c1-3-16-7-4-5-8(10(11)12)9(6-7)15(2,13)14/h4-6H,3H2,1-2H3,(H,13,14). The molecule has 1 atom stereocenters. The predicted molar refractivity (Wildman–Crippen MR) is 64.9 cm³/mol. The summed E-state index contributed by atoms with van der Waals surface area (Å²) in [6.45, 7) is 3.05. The minimum atomic E-state index is -3.62. The van der Waals surface area contributed by atoms with Crippen molar-refractivity contribution >= 4 is 30.1 Å². The third-order valence-electron chi connectivity index (χ3n) is 1.90. The number of nitro groups is 1. The van der Waals surface area contributed by atoms with E-state index in [0.29, 0.717) is 0 Å². The van der Waals surface area contributed by atoms with Gasteiger partial charge in [0.25, 0.3) is 5.69 Å². The minimum Gasteiger partial charge on any atom is -0.341 e. The molecule has 88 valence electrons. The molecule has 0 aliphatic heterocycles. The molecule has 1 N–H and O–H groups in total. The fourth-order valence-electron chi connectivity index (χ4n) is 1.25. The first-order chi connectivity index (χ1) is 7.36. The summed E-state index contributed by atoms with van der Waals surface area (Å²) in [6.07, 6.45) is 0. The molecule has 0 aliphatic rings. The normalized spacial score (nSPS) is 14.4. The predicted octanol–water partition coefficient (Wildman–Crippen LogP) is 2.23. The van der Waals surface area contributed by atoms with Crippen molar-refractivity contribution in [1.82, 2.24) is 0 Å². The molecule has 1 aromatic rings. The summed E-state index contributed by atoms with van der Waals surface area (Å²) in [6, 6.07) is 4.29. The Labute approximate surface area is 97.5 Å². The molecule has 0 heterocycles. The fourth-order valence-corrected chi connectivity index (χ4v) is 2.99. The highest BCUT2D eigenvalue weighted by molar-refractivity contribution is 7.99. The maximum Gasteiger partial charge on any atom is 0.282 e. The Balaban J connectivity index is 3.33. The molecule has 0 amide bonds. The van der Waals surface area contributed by atoms with E-state index in [2.05, 4.69) is 0 Å². The number of hydrogen-bond acceptors (Lipinski definition) is 4. The van der Waals surface area contributed by atoms with Crippen LogP contribution in [-0.2, 0) is 4.57 Å². The number of nitro benzene ring substituents is 1. The number of hydrogen-bond donors (Lipinski definition) is 1. The Morgan fingerprint density at radius 1 is 1.56 bits per heavy atom. The molecule has 0 aliphatic carbocycles. The van der Waals surface area contributed by atoms with Crippen LogP contribution in [0.3, 0.4) is 0 Å². The van der Waals surface area contributed by atoms with E-state index in [1.165, 1.54) is 23.9 Å². The maximum absolute atomic E-state index is 11.5. The second-order valence-corrected chi connectivity index (χ2v) is 6.80. The largest absolute Gasteiger partial charge is 0.341 e. The van der Waals surface area contributed by atoms with Gasteiger partial charge in [0.2, 0.25) is 7.37 Å². The van der Waals surface area contributed by atoms with Crippen molar-refractivity contribution in [2.45, 2.75) is 11.8 Å². The maximum atomic E-state index is 11.5. The van der Waals surface area contributed by atoms with Crippen molar-refractivity contribution < 1.29 is 14.4 Å². The zero-order valence-electron chi connectivity index (χ0n) is 8.91. The Hall–Kier alpha value is -0.840. The van der Waals surface area contributed by atoms with Crippen LogP contribution in [0.4, 0.5) is 5.69 Å². The van der Waals surface area contributed by atoms with Crippen LogP contribution in [0.2, 0.25) is 0 Å². The second kappa shape index (κ2) is 4.99. The smallest absolute Gasteiger partial charge is 0.282 e. The van der Waals surface area contributed by atoms with Gasteiger partial charge >= 0.3 is 0 Å². The lowest BCUT2D eigenvalue weighted by molar-refractivity contribution is -0.383. The minimum absolute atomic E-state index is 0.0871. The first-order valence-corrected chi connectivity index (χ1v) is 7.67. The van der Waals surface area contributed by atoms with Gasteiger partial charge in [-0.1, -0.05) is 6.92 Å². The third kappa shape index (κ3) is 3.07. The lowest BCUT2D eigenvalue weighted by Crippen LogP contribution is -2.10. The Morgan fingerprint density at radius 2 is 2.19 bits per heavy atom. The number of benzene rings is 1. The van der Waals surface area contributed by atoms with Gasteiger partial charge in [-0.25, -0.2) is 0 Å². The van der Waals surface area contributed by atoms with E-state index in [9.17, 15) is 19.6 Å². The summed E-state index contributed by atoms with van der Waals surface area (Å²) < 4.78 is 11.5. The molecule has 0 spiro atoms. The molecule has 0 aromatic heterocycles. The van der Waals surface area contributed by atoms with Crippen molar-refractivity contribution in [2.24, 2.45) is 0 Å². The molecule has 0 bridgehead atoms. The molecule has 0 saturated carbocycles. The van der Waals surface area contributed by atoms with E-state index in [4.69, 9.17) is 0 Å². The first kappa shape index (κ1) is 13.2. The lowest BCUT2D eigenvalue weighted by Gasteiger charge is -2.08. The number of rotatable bonds is 4. The lowest BCUT2D eigenvalue weighted by atomic mass is 10.3. The zero-order valence-corrected chi connectivity index (χ0v) is 10.6. The van der Waals surface area contributed by atoms with Gasteiger partial charge in [0.15, 0.2) is 0 Å². The molecular formula is C9H12NO4PS. The average Bonchev–Trinajstić information content (AvgIpc) is 2.16. The summed E-state index contributed by atoms with van der Waals surface area (Å²) in [5.74, 6) is 0.802. The van der Waals surface area contributed by atoms with Gasteiger partial charge in [-0.2, -0.15) is 0 Å². The number of nitrogens with zero attached hydrogens (tertiary/aromatic N) is 1. The Kier molecular flexibility index (Phi) is 4.13. The van der Waals surface area contributed by atoms with Crippen LogP contribution in [0.15, 0.2) is 23.1 Å². The van der Waals surface area contributed by atoms with Gasteiger partial charge < -0.3 is 4.89 Å². The van der Waals surface area contributed by atoms with Gasteiger partial charge in [0, 0.05) is 17.6 Å². The van der Waals surface area contributed by atoms with Gasteiger partial charge in [-0.05, 0) is 17.9 Å². The third-order valence-corrected chi connectivity index (χ3v) is 4.03. The van der Waals surface area contributed by atoms with Crippen molar-refractivity contribution in [3.63, 3.8) is 0 Å². The van der Waals surface area contributed by atoms with E-state index in [-0.39, 0.29) is 11.0 Å². The van der Waals surface area contributed by atoms with Crippen LogP contribution in [0, 0.1) is 10.1 Å². The average molecular weight is 261 g/mol. The zero-order chi connectivity index (χ0) is 12.3. The summed E-state index contributed by atoms with van der Waals surface area (Å²) in [4.78, 5) is 20.3. The van der Waals surface area contributed by atoms with E-state index in [1.54, 1.807) is 6.07 Å². The Bertz CT molecular complexity index is 457. The van der Waals surface area contributed by atoms with Crippen LogP contribution >= 0.6 is 19.1 Å². The van der Waals surface area contributed by atoms with Crippen LogP contribution < -0.4 is 5.30 Å². The molecule has 1 aromatic carbocycles. The molecule has 1 rings (SSSR count). The van der Waals surface area contributed by atoms with Crippen molar-refractivity contribution in [1.29, 1.82) is 0 Å². The molecule has 0 radical (unpaired) electrons. The summed E-state index contributed by atoms with van der Waals surface area (Å²) in [7, 11) is -3.62. The van der Waals surface area contributed by atoms with Crippen molar-refractivity contribution in [3.8, 4) is 0 Å². The van der Waals surface area contributed by atoms with Gasteiger partial charge in [-0.15, -0.1) is 11.8 Å². The van der Waals surface area contributed by atoms with Gasteiger partial charge in [0.1, 0.15) is 5.30 Å². The molecule has 0 fully saturated rings. The van der Waals surface area contributed by atoms with Crippen molar-refractivity contribution in [2.75, 3.05) is 12.4 Å². The molecule has 1 unspecified atom stereocenters. The van der Waals surface area contributed by atoms with Crippen LogP contribution in [0.1, 0.15) is 6.92 Å². The van der Waals surface area contributed by atoms with E-state index < -0.39 is 12.3 Å². The fraction of sp³-hybridized carbons (Fsp3) is 0.333. The van der Waals surface area contributed by atoms with Gasteiger partial charge in [-0.3, -0.25) is 14.7 Å². The summed E-state index contributed by atoms with van der Waals surface area (Å²) in [5, 5.41) is 10.6. The monoisotopic (exact) mass is 261 g/mol. The van der Waals surface area contributed by atoms with Gasteiger partial charge in [0.05, 0.1) is 4.92 Å². The highest BCUT2D eigenvalue weighted by Crippen LogP contribution is 2.39. The summed E-state index contributed by atoms with van der Waals surface area (Å²) >= 11 is 1.47. The van der Waals surface area contributed by atoms with E-state index in [0.717, 1.165) is 17.3 Å². The second-order valence-electron chi connectivity index (χ2n) is 3.22. The quantitative estimate of drug-likeness (QED) is 0.389. The SMILES string of the molecule is CCSc1ccc([N+](=O)[O-])c(P(C)(=O)O)c1. The topological polar surface area (TPSA) is 80.4 Å². The van der Waals surface area contributed by atoms with Crippen LogP contribution in [0.5, 0.6) is 0 Å². The van der Waals surface area contributed by atoms with Crippen LogP contribution in [0.25, 0.3) is 0 Å². The van der Waals surface area contributed by atoms with E-state index >= 15 is 0 Å². The van der Waals surface area contributed by atoms with Crippen molar-refractivity contribution in [3.05, 3.63) is 28.3 Å². The molecule has 16 heavy (non-hydrogen) atoms. The number of thioether (sulfide) groups is 1. The molecule has 0 saturated heterocycles. The highest BCUT2D eigenvalue weighted by atomic mass is 32.2. The Morgan fingerprint density at radius 3 is 2.62 bits per heavy atom. The van der Waals surface area contributed by atoms with Crippen LogP contribution in [-0.4, -0.2) is 22.2 Å². The molecule has 7 heteroatoms. The molecular weight excluding hydrogens is 249 g/mol. The first-order valence-electron chi connectivity index (χ1n) is 4.58. The van der Waals surface area contributed by atoms with E-state index in [1.807, 2.05) is 6.92 Å².